The molecule has 0 heterocycles. The molecule has 1 atom stereocenters. The normalized spacial score (nSPS) is 15.0. The molecule has 0 aliphatic carbocycles. The van der Waals surface area contributed by atoms with Gasteiger partial charge in [0.15, 0.2) is 6.29 Å². The lowest BCUT2D eigenvalue weighted by Crippen LogP contribution is -2.16. The van der Waals surface area contributed by atoms with Crippen LogP contribution in [0, 0.1) is 5.92 Å². The summed E-state index contributed by atoms with van der Waals surface area (Å²) in [6, 6.07) is 0. The summed E-state index contributed by atoms with van der Waals surface area (Å²) in [6.45, 7) is 7.34. The minimum atomic E-state index is -1.40. The Bertz CT molecular complexity index is 185. The molecule has 0 saturated carbocycles. The molecule has 1 unspecified atom stereocenters. The SMILES string of the molecule is C=C(/C=C(/Cl)C(C)C(O)O)CC. The van der Waals surface area contributed by atoms with Gasteiger partial charge in [-0.15, -0.1) is 0 Å². The summed E-state index contributed by atoms with van der Waals surface area (Å²) >= 11 is 5.78. The zero-order valence-corrected chi connectivity index (χ0v) is 8.17. The van der Waals surface area contributed by atoms with Gasteiger partial charge in [-0.25, -0.2) is 0 Å². The van der Waals surface area contributed by atoms with E-state index in [1.165, 1.54) is 0 Å². The Labute approximate surface area is 78.2 Å². The second-order valence-electron chi connectivity index (χ2n) is 2.74. The number of halogens is 1. The van der Waals surface area contributed by atoms with Gasteiger partial charge in [-0.2, -0.15) is 0 Å². The third kappa shape index (κ3) is 3.90. The summed E-state index contributed by atoms with van der Waals surface area (Å²) in [5.41, 5.74) is 0.882. The van der Waals surface area contributed by atoms with Crippen molar-refractivity contribution in [1.29, 1.82) is 0 Å². The van der Waals surface area contributed by atoms with E-state index >= 15 is 0 Å². The predicted molar refractivity (Wildman–Crippen MR) is 50.8 cm³/mol. The van der Waals surface area contributed by atoms with Crippen LogP contribution in [0.25, 0.3) is 0 Å². The summed E-state index contributed by atoms with van der Waals surface area (Å²) in [6.07, 6.45) is 1.08. The first-order valence-electron chi connectivity index (χ1n) is 3.90. The lowest BCUT2D eigenvalue weighted by molar-refractivity contribution is -0.0663. The van der Waals surface area contributed by atoms with Crippen molar-refractivity contribution in [2.75, 3.05) is 0 Å². The molecule has 0 saturated heterocycles. The summed E-state index contributed by atoms with van der Waals surface area (Å²) in [5, 5.41) is 18.0. The Balaban J connectivity index is 4.26. The summed E-state index contributed by atoms with van der Waals surface area (Å²) in [4.78, 5) is 0. The van der Waals surface area contributed by atoms with Gasteiger partial charge in [-0.05, 0) is 12.5 Å². The highest BCUT2D eigenvalue weighted by Crippen LogP contribution is 2.19. The molecule has 0 bridgehead atoms. The van der Waals surface area contributed by atoms with Crippen LogP contribution in [0.15, 0.2) is 23.3 Å². The fraction of sp³-hybridized carbons (Fsp3) is 0.556. The molecule has 0 amide bonds. The number of aliphatic hydroxyl groups is 2. The Morgan fingerprint density at radius 2 is 2.08 bits per heavy atom. The van der Waals surface area contributed by atoms with Crippen molar-refractivity contribution in [3.8, 4) is 0 Å². The van der Waals surface area contributed by atoms with Gasteiger partial charge in [0.2, 0.25) is 0 Å². The molecule has 2 N–H and O–H groups in total. The first kappa shape index (κ1) is 11.7. The zero-order chi connectivity index (χ0) is 9.72. The topological polar surface area (TPSA) is 40.5 Å². The molecular formula is C9H15ClO2. The van der Waals surface area contributed by atoms with Crippen LogP contribution in [0.1, 0.15) is 20.3 Å². The maximum atomic E-state index is 8.78. The maximum Gasteiger partial charge on any atom is 0.158 e. The van der Waals surface area contributed by atoms with Crippen LogP contribution in [-0.4, -0.2) is 16.5 Å². The maximum absolute atomic E-state index is 8.78. The van der Waals surface area contributed by atoms with Crippen LogP contribution in [0.5, 0.6) is 0 Å². The highest BCUT2D eigenvalue weighted by Gasteiger charge is 2.13. The van der Waals surface area contributed by atoms with E-state index in [-0.39, 0.29) is 0 Å². The Morgan fingerprint density at radius 3 is 2.42 bits per heavy atom. The molecule has 0 aromatic heterocycles. The Morgan fingerprint density at radius 1 is 1.58 bits per heavy atom. The first-order valence-corrected chi connectivity index (χ1v) is 4.27. The van der Waals surface area contributed by atoms with E-state index in [1.807, 2.05) is 6.92 Å². The van der Waals surface area contributed by atoms with Crippen molar-refractivity contribution < 1.29 is 10.2 Å². The van der Waals surface area contributed by atoms with E-state index in [2.05, 4.69) is 6.58 Å². The number of allylic oxidation sites excluding steroid dienone is 2. The Kier molecular flexibility index (Phi) is 5.22. The van der Waals surface area contributed by atoms with Crippen LogP contribution in [0.4, 0.5) is 0 Å². The van der Waals surface area contributed by atoms with Crippen molar-refractivity contribution >= 4 is 11.6 Å². The molecule has 0 fully saturated rings. The molecule has 12 heavy (non-hydrogen) atoms. The zero-order valence-electron chi connectivity index (χ0n) is 7.42. The Hall–Kier alpha value is -0.310. The quantitative estimate of drug-likeness (QED) is 0.526. The van der Waals surface area contributed by atoms with Crippen LogP contribution < -0.4 is 0 Å². The molecule has 70 valence electrons. The van der Waals surface area contributed by atoms with Crippen molar-refractivity contribution in [1.82, 2.24) is 0 Å². The second kappa shape index (κ2) is 5.36. The van der Waals surface area contributed by atoms with E-state index in [1.54, 1.807) is 13.0 Å². The molecule has 2 nitrogen and oxygen atoms in total. The summed E-state index contributed by atoms with van der Waals surface area (Å²) in [5.74, 6) is -0.449. The van der Waals surface area contributed by atoms with Crippen molar-refractivity contribution in [3.05, 3.63) is 23.3 Å². The van der Waals surface area contributed by atoms with E-state index in [0.29, 0.717) is 5.03 Å². The van der Waals surface area contributed by atoms with Crippen LogP contribution in [0.3, 0.4) is 0 Å². The molecular weight excluding hydrogens is 176 g/mol. The monoisotopic (exact) mass is 190 g/mol. The van der Waals surface area contributed by atoms with Gasteiger partial charge >= 0.3 is 0 Å². The van der Waals surface area contributed by atoms with Gasteiger partial charge in [0, 0.05) is 11.0 Å². The highest BCUT2D eigenvalue weighted by molar-refractivity contribution is 6.30. The average molecular weight is 191 g/mol. The molecule has 0 rings (SSSR count). The highest BCUT2D eigenvalue weighted by atomic mass is 35.5. The van der Waals surface area contributed by atoms with E-state index in [4.69, 9.17) is 21.8 Å². The summed E-state index contributed by atoms with van der Waals surface area (Å²) in [7, 11) is 0. The third-order valence-electron chi connectivity index (χ3n) is 1.68. The van der Waals surface area contributed by atoms with Gasteiger partial charge < -0.3 is 10.2 Å². The van der Waals surface area contributed by atoms with Crippen LogP contribution in [0.2, 0.25) is 0 Å². The second-order valence-corrected chi connectivity index (χ2v) is 3.18. The fourth-order valence-corrected chi connectivity index (χ4v) is 0.838. The minimum absolute atomic E-state index is 0.428. The molecule has 0 aliphatic rings. The third-order valence-corrected chi connectivity index (χ3v) is 2.13. The molecule has 3 heteroatoms. The van der Waals surface area contributed by atoms with Gasteiger partial charge in [-0.3, -0.25) is 0 Å². The van der Waals surface area contributed by atoms with E-state index in [9.17, 15) is 0 Å². The van der Waals surface area contributed by atoms with E-state index < -0.39 is 12.2 Å². The molecule has 0 aromatic rings. The lowest BCUT2D eigenvalue weighted by atomic mass is 10.1. The molecule has 0 aliphatic heterocycles. The molecule has 0 radical (unpaired) electrons. The predicted octanol–water partition coefficient (Wildman–Crippen LogP) is 2.02. The lowest BCUT2D eigenvalue weighted by Gasteiger charge is -2.12. The first-order chi connectivity index (χ1) is 5.49. The molecule has 0 aromatic carbocycles. The van der Waals surface area contributed by atoms with Crippen molar-refractivity contribution in [2.45, 2.75) is 26.6 Å². The van der Waals surface area contributed by atoms with Gasteiger partial charge in [0.1, 0.15) is 0 Å². The van der Waals surface area contributed by atoms with Crippen molar-refractivity contribution in [3.63, 3.8) is 0 Å². The van der Waals surface area contributed by atoms with Crippen LogP contribution >= 0.6 is 11.6 Å². The van der Waals surface area contributed by atoms with Crippen molar-refractivity contribution in [2.24, 2.45) is 5.92 Å². The smallest absolute Gasteiger partial charge is 0.158 e. The number of aliphatic hydroxyl groups excluding tert-OH is 1. The number of hydrogen-bond acceptors (Lipinski definition) is 2. The molecule has 0 spiro atoms. The largest absolute Gasteiger partial charge is 0.368 e. The summed E-state index contributed by atoms with van der Waals surface area (Å²) < 4.78 is 0. The van der Waals surface area contributed by atoms with Gasteiger partial charge in [0.25, 0.3) is 0 Å². The number of rotatable bonds is 4. The van der Waals surface area contributed by atoms with Crippen LogP contribution in [-0.2, 0) is 0 Å². The van der Waals surface area contributed by atoms with Gasteiger partial charge in [-0.1, -0.05) is 37.6 Å². The average Bonchev–Trinajstić information content (AvgIpc) is 2.02. The number of hydrogen-bond donors (Lipinski definition) is 2. The minimum Gasteiger partial charge on any atom is -0.368 e. The van der Waals surface area contributed by atoms with E-state index in [0.717, 1.165) is 12.0 Å². The fourth-order valence-electron chi connectivity index (χ4n) is 0.571. The standard InChI is InChI=1S/C9H15ClO2/c1-4-6(2)5-8(10)7(3)9(11)12/h5,7,9,11-12H,2,4H2,1,3H3/b8-5+. The van der Waals surface area contributed by atoms with Gasteiger partial charge in [0.05, 0.1) is 0 Å².